The summed E-state index contributed by atoms with van der Waals surface area (Å²) in [6.07, 6.45) is 8.19. The Balaban J connectivity index is 0.00000361. The first-order valence-corrected chi connectivity index (χ1v) is 8.00. The lowest BCUT2D eigenvalue weighted by Gasteiger charge is -2.31. The fraction of sp³-hybridized carbons (Fsp3) is 0.933. The van der Waals surface area contributed by atoms with E-state index < -0.39 is 0 Å². The summed E-state index contributed by atoms with van der Waals surface area (Å²) in [7, 11) is 2.27. The van der Waals surface area contributed by atoms with Crippen LogP contribution >= 0.6 is 24.0 Å². The number of nitrogens with one attached hydrogen (secondary N) is 2. The van der Waals surface area contributed by atoms with Gasteiger partial charge in [0, 0.05) is 25.7 Å². The van der Waals surface area contributed by atoms with Crippen molar-refractivity contribution in [2.75, 3.05) is 33.2 Å². The maximum absolute atomic E-state index is 4.59. The second-order valence-corrected chi connectivity index (χ2v) is 5.42. The van der Waals surface area contributed by atoms with Crippen molar-refractivity contribution in [1.82, 2.24) is 15.5 Å². The summed E-state index contributed by atoms with van der Waals surface area (Å²) in [4.78, 5) is 7.12. The SMILES string of the molecule is CCNC(=NCCCN(C)C1CCCCC1)NCC.I. The van der Waals surface area contributed by atoms with Gasteiger partial charge < -0.3 is 15.5 Å². The van der Waals surface area contributed by atoms with Crippen molar-refractivity contribution in [3.63, 3.8) is 0 Å². The maximum Gasteiger partial charge on any atom is 0.191 e. The number of hydrogen-bond donors (Lipinski definition) is 2. The van der Waals surface area contributed by atoms with Crippen molar-refractivity contribution in [2.45, 2.75) is 58.4 Å². The number of guanidine groups is 1. The monoisotopic (exact) mass is 396 g/mol. The fourth-order valence-electron chi connectivity index (χ4n) is 2.72. The third-order valence-electron chi connectivity index (χ3n) is 3.83. The van der Waals surface area contributed by atoms with E-state index in [0.29, 0.717) is 0 Å². The third-order valence-corrected chi connectivity index (χ3v) is 3.83. The van der Waals surface area contributed by atoms with Gasteiger partial charge in [0.15, 0.2) is 5.96 Å². The van der Waals surface area contributed by atoms with Crippen LogP contribution < -0.4 is 10.6 Å². The number of rotatable bonds is 7. The first-order valence-electron chi connectivity index (χ1n) is 8.00. The van der Waals surface area contributed by atoms with Gasteiger partial charge in [-0.15, -0.1) is 24.0 Å². The molecule has 0 radical (unpaired) electrons. The summed E-state index contributed by atoms with van der Waals surface area (Å²) in [6, 6.07) is 0.819. The minimum Gasteiger partial charge on any atom is -0.357 e. The first kappa shape index (κ1) is 20.0. The van der Waals surface area contributed by atoms with E-state index in [1.807, 2.05) is 0 Å². The van der Waals surface area contributed by atoms with Crippen LogP contribution in [0.1, 0.15) is 52.4 Å². The van der Waals surface area contributed by atoms with E-state index in [0.717, 1.165) is 38.1 Å². The molecule has 5 heteroatoms. The third kappa shape index (κ3) is 8.29. The van der Waals surface area contributed by atoms with E-state index in [-0.39, 0.29) is 24.0 Å². The predicted octanol–water partition coefficient (Wildman–Crippen LogP) is 2.83. The zero-order chi connectivity index (χ0) is 13.9. The standard InChI is InChI=1S/C15H32N4.HI/c1-4-16-15(17-5-2)18-12-9-13-19(3)14-10-7-6-8-11-14;/h14H,4-13H2,1-3H3,(H2,16,17,18);1H. The van der Waals surface area contributed by atoms with E-state index in [1.165, 1.54) is 38.6 Å². The Labute approximate surface area is 142 Å². The molecule has 0 atom stereocenters. The highest BCUT2D eigenvalue weighted by molar-refractivity contribution is 14.0. The molecule has 0 unspecified atom stereocenters. The molecule has 0 bridgehead atoms. The minimum atomic E-state index is 0. The molecule has 1 saturated carbocycles. The van der Waals surface area contributed by atoms with E-state index >= 15 is 0 Å². The van der Waals surface area contributed by atoms with Crippen LogP contribution in [0.4, 0.5) is 0 Å². The van der Waals surface area contributed by atoms with Crippen molar-refractivity contribution in [3.05, 3.63) is 0 Å². The quantitative estimate of drug-likeness (QED) is 0.301. The van der Waals surface area contributed by atoms with E-state index in [1.54, 1.807) is 0 Å². The van der Waals surface area contributed by atoms with Gasteiger partial charge in [-0.2, -0.15) is 0 Å². The number of aliphatic imine (C=N–C) groups is 1. The Morgan fingerprint density at radius 1 is 1.10 bits per heavy atom. The van der Waals surface area contributed by atoms with Crippen LogP contribution in [0.3, 0.4) is 0 Å². The fourth-order valence-corrected chi connectivity index (χ4v) is 2.72. The zero-order valence-corrected chi connectivity index (χ0v) is 15.8. The normalized spacial score (nSPS) is 15.6. The summed E-state index contributed by atoms with van der Waals surface area (Å²) < 4.78 is 0. The number of halogens is 1. The molecule has 1 aliphatic rings. The molecule has 1 aliphatic carbocycles. The second kappa shape index (κ2) is 12.7. The highest BCUT2D eigenvalue weighted by atomic mass is 127. The highest BCUT2D eigenvalue weighted by Gasteiger charge is 2.16. The molecule has 1 rings (SSSR count). The molecule has 0 heterocycles. The Hall–Kier alpha value is -0.0400. The van der Waals surface area contributed by atoms with Gasteiger partial charge in [-0.05, 0) is 46.7 Å². The summed E-state index contributed by atoms with van der Waals surface area (Å²) in [6.45, 7) is 8.13. The van der Waals surface area contributed by atoms with Gasteiger partial charge in [-0.1, -0.05) is 19.3 Å². The van der Waals surface area contributed by atoms with Gasteiger partial charge in [-0.25, -0.2) is 0 Å². The highest BCUT2D eigenvalue weighted by Crippen LogP contribution is 2.21. The Kier molecular flexibility index (Phi) is 12.7. The molecule has 0 amide bonds. The van der Waals surface area contributed by atoms with E-state index in [2.05, 4.69) is 41.4 Å². The van der Waals surface area contributed by atoms with Crippen molar-refractivity contribution in [2.24, 2.45) is 4.99 Å². The van der Waals surface area contributed by atoms with Crippen LogP contribution in [0.2, 0.25) is 0 Å². The molecule has 2 N–H and O–H groups in total. The molecule has 0 aliphatic heterocycles. The lowest BCUT2D eigenvalue weighted by atomic mass is 9.94. The molecule has 20 heavy (non-hydrogen) atoms. The van der Waals surface area contributed by atoms with Crippen LogP contribution in [0, 0.1) is 0 Å². The number of nitrogens with zero attached hydrogens (tertiary/aromatic N) is 2. The molecule has 4 nitrogen and oxygen atoms in total. The van der Waals surface area contributed by atoms with Gasteiger partial charge in [0.25, 0.3) is 0 Å². The van der Waals surface area contributed by atoms with Crippen LogP contribution in [-0.4, -0.2) is 50.1 Å². The molecule has 120 valence electrons. The second-order valence-electron chi connectivity index (χ2n) is 5.42. The predicted molar refractivity (Wildman–Crippen MR) is 99.2 cm³/mol. The molecule has 0 aromatic heterocycles. The van der Waals surface area contributed by atoms with Crippen LogP contribution in [0.25, 0.3) is 0 Å². The minimum absolute atomic E-state index is 0. The maximum atomic E-state index is 4.59. The molecule has 0 spiro atoms. The van der Waals surface area contributed by atoms with Crippen molar-refractivity contribution in [1.29, 1.82) is 0 Å². The van der Waals surface area contributed by atoms with Gasteiger partial charge in [-0.3, -0.25) is 4.99 Å². The Bertz CT molecular complexity index is 244. The van der Waals surface area contributed by atoms with Crippen molar-refractivity contribution >= 4 is 29.9 Å². The lowest BCUT2D eigenvalue weighted by molar-refractivity contribution is 0.191. The average Bonchev–Trinajstić information content (AvgIpc) is 2.44. The Morgan fingerprint density at radius 3 is 2.25 bits per heavy atom. The van der Waals surface area contributed by atoms with E-state index in [4.69, 9.17) is 0 Å². The van der Waals surface area contributed by atoms with Gasteiger partial charge in [0.2, 0.25) is 0 Å². The molecule has 0 saturated heterocycles. The van der Waals surface area contributed by atoms with Gasteiger partial charge in [0.1, 0.15) is 0 Å². The lowest BCUT2D eigenvalue weighted by Crippen LogP contribution is -2.37. The van der Waals surface area contributed by atoms with E-state index in [9.17, 15) is 0 Å². The summed E-state index contributed by atoms with van der Waals surface area (Å²) >= 11 is 0. The molecular formula is C15H33IN4. The zero-order valence-electron chi connectivity index (χ0n) is 13.5. The van der Waals surface area contributed by atoms with Gasteiger partial charge in [0.05, 0.1) is 0 Å². The van der Waals surface area contributed by atoms with Crippen LogP contribution in [0.5, 0.6) is 0 Å². The van der Waals surface area contributed by atoms with Crippen LogP contribution in [0.15, 0.2) is 4.99 Å². The summed E-state index contributed by atoms with van der Waals surface area (Å²) in [5.41, 5.74) is 0. The first-order chi connectivity index (χ1) is 9.27. The molecular weight excluding hydrogens is 363 g/mol. The van der Waals surface area contributed by atoms with Gasteiger partial charge >= 0.3 is 0 Å². The molecule has 0 aromatic carbocycles. The number of hydrogen-bond acceptors (Lipinski definition) is 2. The largest absolute Gasteiger partial charge is 0.357 e. The topological polar surface area (TPSA) is 39.7 Å². The van der Waals surface area contributed by atoms with Crippen molar-refractivity contribution in [3.8, 4) is 0 Å². The van der Waals surface area contributed by atoms with Crippen LogP contribution in [-0.2, 0) is 0 Å². The Morgan fingerprint density at radius 2 is 1.70 bits per heavy atom. The average molecular weight is 396 g/mol. The summed E-state index contributed by atoms with van der Waals surface area (Å²) in [5, 5.41) is 6.52. The molecule has 1 fully saturated rings. The van der Waals surface area contributed by atoms with Crippen molar-refractivity contribution < 1.29 is 0 Å². The smallest absolute Gasteiger partial charge is 0.191 e. The summed E-state index contributed by atoms with van der Waals surface area (Å²) in [5.74, 6) is 0.949. The molecule has 0 aromatic rings.